The van der Waals surface area contributed by atoms with Gasteiger partial charge in [-0.25, -0.2) is 5.43 Å². The van der Waals surface area contributed by atoms with Gasteiger partial charge in [-0.15, -0.1) is 0 Å². The number of hydrogen-bond acceptors (Lipinski definition) is 3. The Morgan fingerprint density at radius 2 is 1.71 bits per heavy atom. The van der Waals surface area contributed by atoms with Gasteiger partial charge < -0.3 is 0 Å². The molecule has 1 aliphatic heterocycles. The molecule has 21 heavy (non-hydrogen) atoms. The first-order valence-electron chi connectivity index (χ1n) is 8.62. The molecule has 0 bridgehead atoms. The highest BCUT2D eigenvalue weighted by atomic mass is 16.6. The normalized spacial score (nSPS) is 36.1. The summed E-state index contributed by atoms with van der Waals surface area (Å²) in [7, 11) is 6.59. The minimum atomic E-state index is 0.125. The number of ether oxygens (including phenoxy) is 1. The van der Waals surface area contributed by atoms with E-state index < -0.39 is 0 Å². The number of nitrogens with zero attached hydrogens (tertiary/aromatic N) is 2. The number of hydrazine groups is 1. The fraction of sp³-hybridized carbons (Fsp3) is 1.00. The maximum atomic E-state index is 6.38. The van der Waals surface area contributed by atoms with Crippen LogP contribution in [0.25, 0.3) is 0 Å². The number of rotatable bonds is 3. The summed E-state index contributed by atoms with van der Waals surface area (Å²) in [5, 5.41) is 2.17. The first-order chi connectivity index (χ1) is 9.65. The molecule has 4 nitrogen and oxygen atoms in total. The average molecular weight is 298 g/mol. The van der Waals surface area contributed by atoms with E-state index in [2.05, 4.69) is 59.3 Å². The second-order valence-corrected chi connectivity index (χ2v) is 8.70. The SMILES string of the molecule is CC[N+](C)(C)C1OC(C2CCC(C(C)(C)C)CC2)NN1C. The highest BCUT2D eigenvalue weighted by Crippen LogP contribution is 2.41. The van der Waals surface area contributed by atoms with Gasteiger partial charge in [-0.1, -0.05) is 20.8 Å². The van der Waals surface area contributed by atoms with Crippen molar-refractivity contribution in [2.45, 2.75) is 66.0 Å². The van der Waals surface area contributed by atoms with E-state index in [0.29, 0.717) is 11.3 Å². The van der Waals surface area contributed by atoms with E-state index in [1.54, 1.807) is 0 Å². The molecule has 2 aliphatic rings. The fourth-order valence-corrected chi connectivity index (χ4v) is 3.81. The molecule has 1 aliphatic carbocycles. The Hall–Kier alpha value is -0.160. The molecular weight excluding hydrogens is 262 g/mol. The summed E-state index contributed by atoms with van der Waals surface area (Å²) in [6.45, 7) is 10.4. The molecule has 0 spiro atoms. The van der Waals surface area contributed by atoms with Crippen LogP contribution in [-0.2, 0) is 4.74 Å². The van der Waals surface area contributed by atoms with E-state index in [0.717, 1.165) is 16.9 Å². The smallest absolute Gasteiger partial charge is 0.269 e. The van der Waals surface area contributed by atoms with Crippen molar-refractivity contribution in [3.05, 3.63) is 0 Å². The van der Waals surface area contributed by atoms with Gasteiger partial charge in [0, 0.05) is 13.0 Å². The van der Waals surface area contributed by atoms with Crippen molar-refractivity contribution in [1.82, 2.24) is 10.4 Å². The van der Waals surface area contributed by atoms with Crippen molar-refractivity contribution in [2.75, 3.05) is 27.7 Å². The maximum Gasteiger partial charge on any atom is 0.269 e. The third kappa shape index (κ3) is 3.79. The molecule has 4 heteroatoms. The van der Waals surface area contributed by atoms with Gasteiger partial charge in [0.15, 0.2) is 0 Å². The minimum Gasteiger partial charge on any atom is -0.295 e. The Kier molecular flexibility index (Phi) is 5.04. The third-order valence-corrected chi connectivity index (χ3v) is 5.77. The van der Waals surface area contributed by atoms with E-state index in [9.17, 15) is 0 Å². The summed E-state index contributed by atoms with van der Waals surface area (Å²) < 4.78 is 7.25. The lowest BCUT2D eigenvalue weighted by Crippen LogP contribution is -2.55. The van der Waals surface area contributed by atoms with Gasteiger partial charge >= 0.3 is 0 Å². The van der Waals surface area contributed by atoms with Crippen molar-refractivity contribution in [3.63, 3.8) is 0 Å². The molecule has 2 fully saturated rings. The zero-order valence-corrected chi connectivity index (χ0v) is 15.1. The van der Waals surface area contributed by atoms with Gasteiger partial charge in [-0.2, -0.15) is 5.01 Å². The van der Waals surface area contributed by atoms with Crippen LogP contribution in [0.1, 0.15) is 53.4 Å². The second kappa shape index (κ2) is 6.15. The molecule has 124 valence electrons. The van der Waals surface area contributed by atoms with Gasteiger partial charge in [0.1, 0.15) is 6.23 Å². The average Bonchev–Trinajstić information content (AvgIpc) is 2.81. The highest BCUT2D eigenvalue weighted by molar-refractivity contribution is 4.84. The van der Waals surface area contributed by atoms with E-state index in [4.69, 9.17) is 4.74 Å². The number of hydrogen-bond donors (Lipinski definition) is 1. The molecule has 0 radical (unpaired) electrons. The molecule has 0 aromatic rings. The van der Waals surface area contributed by atoms with Crippen LogP contribution in [0.15, 0.2) is 0 Å². The molecule has 1 heterocycles. The molecular formula is C17H36N3O+. The quantitative estimate of drug-likeness (QED) is 0.811. The first kappa shape index (κ1) is 17.2. The lowest BCUT2D eigenvalue weighted by molar-refractivity contribution is -0.946. The van der Waals surface area contributed by atoms with Crippen LogP contribution >= 0.6 is 0 Å². The van der Waals surface area contributed by atoms with E-state index >= 15 is 0 Å². The van der Waals surface area contributed by atoms with Crippen LogP contribution in [-0.4, -0.2) is 49.8 Å². The lowest BCUT2D eigenvalue weighted by Gasteiger charge is -2.38. The molecule has 2 unspecified atom stereocenters. The summed E-state index contributed by atoms with van der Waals surface area (Å²) in [5.74, 6) is 1.53. The Morgan fingerprint density at radius 3 is 2.19 bits per heavy atom. The Bertz CT molecular complexity index is 342. The van der Waals surface area contributed by atoms with Gasteiger partial charge in [-0.05, 0) is 43.9 Å². The molecule has 0 aromatic carbocycles. The maximum absolute atomic E-state index is 6.38. The van der Waals surface area contributed by atoms with Crippen molar-refractivity contribution in [3.8, 4) is 0 Å². The molecule has 1 saturated heterocycles. The standard InChI is InChI=1S/C17H36N3O/c1-8-20(6,7)16-19(5)18-15(21-16)13-9-11-14(12-10-13)17(2,3)4/h13-16,18H,8-12H2,1-7H3/q+1. The Labute approximate surface area is 131 Å². The third-order valence-electron chi connectivity index (χ3n) is 5.77. The Balaban J connectivity index is 1.91. The monoisotopic (exact) mass is 298 g/mol. The first-order valence-corrected chi connectivity index (χ1v) is 8.62. The van der Waals surface area contributed by atoms with Crippen molar-refractivity contribution in [1.29, 1.82) is 0 Å². The summed E-state index contributed by atoms with van der Waals surface area (Å²) >= 11 is 0. The summed E-state index contributed by atoms with van der Waals surface area (Å²) in [6, 6.07) is 0. The van der Waals surface area contributed by atoms with Crippen LogP contribution < -0.4 is 5.43 Å². The zero-order chi connectivity index (χ0) is 15.8. The number of quaternary nitrogens is 1. The van der Waals surface area contributed by atoms with Crippen molar-refractivity contribution < 1.29 is 9.22 Å². The Morgan fingerprint density at radius 1 is 1.14 bits per heavy atom. The van der Waals surface area contributed by atoms with E-state index in [1.165, 1.54) is 25.7 Å². The highest BCUT2D eigenvalue weighted by Gasteiger charge is 2.44. The van der Waals surface area contributed by atoms with Crippen molar-refractivity contribution >= 4 is 0 Å². The van der Waals surface area contributed by atoms with Crippen LogP contribution in [0.2, 0.25) is 0 Å². The molecule has 0 amide bonds. The second-order valence-electron chi connectivity index (χ2n) is 8.70. The van der Waals surface area contributed by atoms with Crippen molar-refractivity contribution in [2.24, 2.45) is 17.3 Å². The molecule has 2 atom stereocenters. The largest absolute Gasteiger partial charge is 0.295 e. The summed E-state index contributed by atoms with van der Waals surface area (Å²) in [5.41, 5.74) is 4.02. The zero-order valence-electron chi connectivity index (χ0n) is 15.1. The van der Waals surface area contributed by atoms with Gasteiger partial charge in [-0.3, -0.25) is 9.22 Å². The minimum absolute atomic E-state index is 0.125. The van der Waals surface area contributed by atoms with Crippen LogP contribution in [0, 0.1) is 17.3 Å². The van der Waals surface area contributed by atoms with Gasteiger partial charge in [0.25, 0.3) is 6.35 Å². The van der Waals surface area contributed by atoms with Crippen LogP contribution in [0.3, 0.4) is 0 Å². The molecule has 0 aromatic heterocycles. The molecule has 2 rings (SSSR count). The predicted octanol–water partition coefficient (Wildman–Crippen LogP) is 3.01. The predicted molar refractivity (Wildman–Crippen MR) is 87.1 cm³/mol. The fourth-order valence-electron chi connectivity index (χ4n) is 3.81. The summed E-state index contributed by atoms with van der Waals surface area (Å²) in [6.07, 6.45) is 5.59. The van der Waals surface area contributed by atoms with Crippen LogP contribution in [0.4, 0.5) is 0 Å². The van der Waals surface area contributed by atoms with Gasteiger partial charge in [0.2, 0.25) is 0 Å². The summed E-state index contributed by atoms with van der Waals surface area (Å²) in [4.78, 5) is 0. The molecule has 1 N–H and O–H groups in total. The number of nitrogens with one attached hydrogen (secondary N) is 1. The molecule has 1 saturated carbocycles. The topological polar surface area (TPSA) is 24.5 Å². The van der Waals surface area contributed by atoms with Crippen LogP contribution in [0.5, 0.6) is 0 Å². The van der Waals surface area contributed by atoms with E-state index in [1.807, 2.05) is 0 Å². The van der Waals surface area contributed by atoms with Gasteiger partial charge in [0.05, 0.1) is 20.6 Å². The lowest BCUT2D eigenvalue weighted by atomic mass is 9.69. The van der Waals surface area contributed by atoms with E-state index in [-0.39, 0.29) is 12.6 Å².